The molecule has 1 N–H and O–H groups in total. The maximum Gasteiger partial charge on any atom is 0.233 e. The van der Waals surface area contributed by atoms with Crippen LogP contribution < -0.4 is 5.32 Å². The zero-order valence-corrected chi connectivity index (χ0v) is 14.2. The standard InChI is InChI=1S/C17H22N4OS/c1-13(16(22)18-12-14-8-4-2-5-9-14)23-17-20-19-15-10-6-3-7-11-21(15)17/h2,4-5,8-9,13H,3,6-7,10-12H2,1H3,(H,18,22). The minimum atomic E-state index is -0.185. The van der Waals surface area contributed by atoms with Gasteiger partial charge in [0.2, 0.25) is 5.91 Å². The van der Waals surface area contributed by atoms with Crippen LogP contribution in [0.15, 0.2) is 35.5 Å². The fraction of sp³-hybridized carbons (Fsp3) is 0.471. The zero-order chi connectivity index (χ0) is 16.1. The number of benzene rings is 1. The quantitative estimate of drug-likeness (QED) is 0.857. The van der Waals surface area contributed by atoms with Crippen LogP contribution in [-0.4, -0.2) is 25.9 Å². The number of carbonyl (C=O) groups excluding carboxylic acids is 1. The SMILES string of the molecule is CC(Sc1nnc2n1CCCCC2)C(=O)NCc1ccccc1. The van der Waals surface area contributed by atoms with Crippen LogP contribution in [0.5, 0.6) is 0 Å². The number of aromatic nitrogens is 3. The van der Waals surface area contributed by atoms with Gasteiger partial charge in [0.05, 0.1) is 5.25 Å². The van der Waals surface area contributed by atoms with Crippen molar-refractivity contribution >= 4 is 17.7 Å². The second-order valence-electron chi connectivity index (χ2n) is 5.82. The molecule has 0 saturated carbocycles. The molecule has 23 heavy (non-hydrogen) atoms. The number of carbonyl (C=O) groups is 1. The van der Waals surface area contributed by atoms with Crippen LogP contribution >= 0.6 is 11.8 Å². The molecule has 6 heteroatoms. The van der Waals surface area contributed by atoms with Gasteiger partial charge in [-0.25, -0.2) is 0 Å². The second-order valence-corrected chi connectivity index (χ2v) is 7.13. The number of amides is 1. The third kappa shape index (κ3) is 4.13. The van der Waals surface area contributed by atoms with Crippen molar-refractivity contribution in [2.75, 3.05) is 0 Å². The van der Waals surface area contributed by atoms with Crippen LogP contribution in [0.25, 0.3) is 0 Å². The minimum absolute atomic E-state index is 0.0322. The van der Waals surface area contributed by atoms with Gasteiger partial charge in [-0.2, -0.15) is 0 Å². The van der Waals surface area contributed by atoms with Crippen molar-refractivity contribution in [3.8, 4) is 0 Å². The predicted molar refractivity (Wildman–Crippen MR) is 91.2 cm³/mol. The number of rotatable bonds is 5. The summed E-state index contributed by atoms with van der Waals surface area (Å²) < 4.78 is 2.18. The van der Waals surface area contributed by atoms with Crippen molar-refractivity contribution in [3.05, 3.63) is 41.7 Å². The molecular formula is C17H22N4OS. The Kier molecular flexibility index (Phi) is 5.33. The molecule has 0 bridgehead atoms. The average Bonchev–Trinajstić information content (AvgIpc) is 2.81. The number of hydrogen-bond donors (Lipinski definition) is 1. The number of fused-ring (bicyclic) bond motifs is 1. The summed E-state index contributed by atoms with van der Waals surface area (Å²) in [5, 5.41) is 12.2. The van der Waals surface area contributed by atoms with E-state index in [0.29, 0.717) is 6.54 Å². The van der Waals surface area contributed by atoms with Gasteiger partial charge in [0.25, 0.3) is 0 Å². The van der Waals surface area contributed by atoms with E-state index in [1.54, 1.807) is 0 Å². The topological polar surface area (TPSA) is 59.8 Å². The summed E-state index contributed by atoms with van der Waals surface area (Å²) in [6, 6.07) is 9.95. The van der Waals surface area contributed by atoms with E-state index in [4.69, 9.17) is 0 Å². The minimum Gasteiger partial charge on any atom is -0.351 e. The van der Waals surface area contributed by atoms with Crippen molar-refractivity contribution < 1.29 is 4.79 Å². The Labute approximate surface area is 140 Å². The molecule has 0 saturated heterocycles. The van der Waals surface area contributed by atoms with Crippen LogP contribution in [0, 0.1) is 0 Å². The first-order valence-electron chi connectivity index (χ1n) is 8.14. The monoisotopic (exact) mass is 330 g/mol. The van der Waals surface area contributed by atoms with Crippen LogP contribution in [0.2, 0.25) is 0 Å². The van der Waals surface area contributed by atoms with Crippen molar-refractivity contribution in [2.45, 2.75) is 56.1 Å². The van der Waals surface area contributed by atoms with Gasteiger partial charge in [0.15, 0.2) is 5.16 Å². The van der Waals surface area contributed by atoms with E-state index in [1.165, 1.54) is 24.6 Å². The molecule has 0 fully saturated rings. The van der Waals surface area contributed by atoms with E-state index in [0.717, 1.165) is 35.9 Å². The lowest BCUT2D eigenvalue weighted by Crippen LogP contribution is -2.30. The maximum absolute atomic E-state index is 12.3. The maximum atomic E-state index is 12.3. The van der Waals surface area contributed by atoms with E-state index >= 15 is 0 Å². The predicted octanol–water partition coefficient (Wildman–Crippen LogP) is 2.80. The highest BCUT2D eigenvalue weighted by Gasteiger charge is 2.20. The Morgan fingerprint density at radius 2 is 2.09 bits per heavy atom. The largest absolute Gasteiger partial charge is 0.351 e. The summed E-state index contributed by atoms with van der Waals surface area (Å²) in [7, 11) is 0. The molecule has 3 rings (SSSR count). The highest BCUT2D eigenvalue weighted by Crippen LogP contribution is 2.25. The molecule has 1 aromatic carbocycles. The highest BCUT2D eigenvalue weighted by atomic mass is 32.2. The summed E-state index contributed by atoms with van der Waals surface area (Å²) >= 11 is 1.49. The third-order valence-electron chi connectivity index (χ3n) is 4.04. The third-order valence-corrected chi connectivity index (χ3v) is 5.12. The molecule has 2 aromatic rings. The molecule has 122 valence electrons. The molecule has 0 aliphatic carbocycles. The number of thioether (sulfide) groups is 1. The molecule has 1 aliphatic heterocycles. The molecule has 1 aromatic heterocycles. The Bertz CT molecular complexity index is 656. The number of aryl methyl sites for hydroxylation is 1. The lowest BCUT2D eigenvalue weighted by Gasteiger charge is -2.12. The lowest BCUT2D eigenvalue weighted by atomic mass is 10.2. The van der Waals surface area contributed by atoms with Crippen LogP contribution in [0.3, 0.4) is 0 Å². The first kappa shape index (κ1) is 16.1. The summed E-state index contributed by atoms with van der Waals surface area (Å²) in [6.45, 7) is 3.44. The average molecular weight is 330 g/mol. The molecule has 1 atom stereocenters. The van der Waals surface area contributed by atoms with Crippen molar-refractivity contribution in [1.82, 2.24) is 20.1 Å². The summed E-state index contributed by atoms with van der Waals surface area (Å²) in [6.07, 6.45) is 4.56. The lowest BCUT2D eigenvalue weighted by molar-refractivity contribution is -0.120. The fourth-order valence-electron chi connectivity index (χ4n) is 2.69. The molecule has 0 spiro atoms. The van der Waals surface area contributed by atoms with E-state index in [9.17, 15) is 4.79 Å². The normalized spacial score (nSPS) is 15.5. The van der Waals surface area contributed by atoms with Gasteiger partial charge in [-0.15, -0.1) is 10.2 Å². The van der Waals surface area contributed by atoms with Gasteiger partial charge in [0, 0.05) is 19.5 Å². The molecule has 1 unspecified atom stereocenters. The molecular weight excluding hydrogens is 308 g/mol. The Morgan fingerprint density at radius 1 is 1.26 bits per heavy atom. The van der Waals surface area contributed by atoms with Gasteiger partial charge in [-0.1, -0.05) is 48.5 Å². The van der Waals surface area contributed by atoms with Gasteiger partial charge >= 0.3 is 0 Å². The molecule has 5 nitrogen and oxygen atoms in total. The summed E-state index contributed by atoms with van der Waals surface area (Å²) in [5.41, 5.74) is 1.11. The van der Waals surface area contributed by atoms with Crippen molar-refractivity contribution in [1.29, 1.82) is 0 Å². The smallest absolute Gasteiger partial charge is 0.233 e. The van der Waals surface area contributed by atoms with E-state index < -0.39 is 0 Å². The second kappa shape index (κ2) is 7.64. The van der Waals surface area contributed by atoms with Gasteiger partial charge in [0.1, 0.15) is 5.82 Å². The molecule has 1 amide bonds. The zero-order valence-electron chi connectivity index (χ0n) is 13.4. The van der Waals surface area contributed by atoms with Crippen molar-refractivity contribution in [2.24, 2.45) is 0 Å². The molecule has 1 aliphatic rings. The highest BCUT2D eigenvalue weighted by molar-refractivity contribution is 8.00. The Balaban J connectivity index is 1.57. The summed E-state index contributed by atoms with van der Waals surface area (Å²) in [4.78, 5) is 12.3. The fourth-order valence-corrected chi connectivity index (χ4v) is 3.60. The first-order valence-corrected chi connectivity index (χ1v) is 9.02. The van der Waals surface area contributed by atoms with Gasteiger partial charge in [-0.3, -0.25) is 4.79 Å². The number of hydrogen-bond acceptors (Lipinski definition) is 4. The van der Waals surface area contributed by atoms with Crippen LogP contribution in [-0.2, 0) is 24.3 Å². The van der Waals surface area contributed by atoms with Gasteiger partial charge < -0.3 is 9.88 Å². The number of nitrogens with zero attached hydrogens (tertiary/aromatic N) is 3. The van der Waals surface area contributed by atoms with Crippen LogP contribution in [0.1, 0.15) is 37.6 Å². The number of nitrogens with one attached hydrogen (secondary N) is 1. The van der Waals surface area contributed by atoms with Crippen LogP contribution in [0.4, 0.5) is 0 Å². The first-order chi connectivity index (χ1) is 11.2. The van der Waals surface area contributed by atoms with Crippen molar-refractivity contribution in [3.63, 3.8) is 0 Å². The Morgan fingerprint density at radius 3 is 2.91 bits per heavy atom. The Hall–Kier alpha value is -1.82. The summed E-state index contributed by atoms with van der Waals surface area (Å²) in [5.74, 6) is 1.09. The molecule has 0 radical (unpaired) electrons. The molecule has 2 heterocycles. The van der Waals surface area contributed by atoms with E-state index in [-0.39, 0.29) is 11.2 Å². The van der Waals surface area contributed by atoms with Gasteiger partial charge in [-0.05, 0) is 25.3 Å². The van der Waals surface area contributed by atoms with E-state index in [1.807, 2.05) is 37.3 Å². The van der Waals surface area contributed by atoms with E-state index in [2.05, 4.69) is 20.1 Å².